The molecule has 0 spiro atoms. The second-order valence-corrected chi connectivity index (χ2v) is 6.20. The van der Waals surface area contributed by atoms with Crippen LogP contribution in [0.5, 0.6) is 0 Å². The maximum atomic E-state index is 11.7. The monoisotopic (exact) mass is 292 g/mol. The van der Waals surface area contributed by atoms with E-state index in [-0.39, 0.29) is 17.0 Å². The van der Waals surface area contributed by atoms with Crippen molar-refractivity contribution in [2.24, 2.45) is 5.73 Å². The fourth-order valence-corrected chi connectivity index (χ4v) is 3.22. The minimum absolute atomic E-state index is 0.0692. The van der Waals surface area contributed by atoms with Crippen LogP contribution >= 0.6 is 11.8 Å². The van der Waals surface area contributed by atoms with E-state index in [1.54, 1.807) is 4.57 Å². The number of hydrogen-bond acceptors (Lipinski definition) is 4. The molecule has 0 aliphatic carbocycles. The third kappa shape index (κ3) is 3.13. The Morgan fingerprint density at radius 1 is 1.45 bits per heavy atom. The first-order valence-corrected chi connectivity index (χ1v) is 7.51. The lowest BCUT2D eigenvalue weighted by Crippen LogP contribution is -2.20. The molecule has 108 valence electrons. The molecule has 0 radical (unpaired) electrons. The summed E-state index contributed by atoms with van der Waals surface area (Å²) in [5.74, 6) is 0. The number of benzene rings is 1. The van der Waals surface area contributed by atoms with Crippen LogP contribution in [0.25, 0.3) is 0 Å². The number of hydrogen-bond donors (Lipinski definition) is 2. The van der Waals surface area contributed by atoms with Crippen molar-refractivity contribution in [3.63, 3.8) is 0 Å². The van der Waals surface area contributed by atoms with Crippen LogP contribution in [-0.4, -0.2) is 21.3 Å². The maximum absolute atomic E-state index is 11.7. The van der Waals surface area contributed by atoms with Crippen molar-refractivity contribution in [2.45, 2.75) is 37.2 Å². The molecule has 0 amide bonds. The van der Waals surface area contributed by atoms with Gasteiger partial charge in [0, 0.05) is 17.8 Å². The Morgan fingerprint density at radius 2 is 2.20 bits per heavy atom. The van der Waals surface area contributed by atoms with Gasteiger partial charge in [0.05, 0.1) is 0 Å². The molecular formula is C14H20N4OS. The summed E-state index contributed by atoms with van der Waals surface area (Å²) in [7, 11) is 0. The summed E-state index contributed by atoms with van der Waals surface area (Å²) in [5, 5.41) is 7.38. The smallest absolute Gasteiger partial charge is 0.329 e. The lowest BCUT2D eigenvalue weighted by atomic mass is 10.1. The molecule has 6 heteroatoms. The van der Waals surface area contributed by atoms with Gasteiger partial charge in [0.1, 0.15) is 0 Å². The highest BCUT2D eigenvalue weighted by atomic mass is 32.2. The maximum Gasteiger partial charge on any atom is 0.344 e. The van der Waals surface area contributed by atoms with Gasteiger partial charge in [0.2, 0.25) is 0 Å². The minimum atomic E-state index is -0.178. The van der Waals surface area contributed by atoms with Crippen molar-refractivity contribution in [3.8, 4) is 0 Å². The molecule has 2 aromatic rings. The number of H-pyrrole nitrogens is 1. The fourth-order valence-electron chi connectivity index (χ4n) is 2.08. The molecule has 2 rings (SSSR count). The summed E-state index contributed by atoms with van der Waals surface area (Å²) in [4.78, 5) is 11.7. The lowest BCUT2D eigenvalue weighted by molar-refractivity contribution is 0.533. The highest BCUT2D eigenvalue weighted by Gasteiger charge is 2.18. The number of nitrogens with two attached hydrogens (primary N) is 1. The van der Waals surface area contributed by atoms with Gasteiger partial charge in [-0.15, -0.1) is 5.10 Å². The summed E-state index contributed by atoms with van der Waals surface area (Å²) in [6.45, 7) is 6.48. The molecule has 1 heterocycles. The van der Waals surface area contributed by atoms with Gasteiger partial charge in [-0.25, -0.2) is 9.89 Å². The van der Waals surface area contributed by atoms with Gasteiger partial charge in [-0.3, -0.25) is 4.57 Å². The molecular weight excluding hydrogens is 272 g/mol. The molecule has 0 aliphatic heterocycles. The predicted octanol–water partition coefficient (Wildman–Crippen LogP) is 2.25. The summed E-state index contributed by atoms with van der Waals surface area (Å²) in [5.41, 5.74) is 8.07. The Labute approximate surface area is 122 Å². The molecule has 1 aromatic carbocycles. The van der Waals surface area contributed by atoms with Gasteiger partial charge in [-0.05, 0) is 26.3 Å². The average molecular weight is 292 g/mol. The van der Waals surface area contributed by atoms with Crippen molar-refractivity contribution >= 4 is 11.8 Å². The van der Waals surface area contributed by atoms with Crippen LogP contribution in [0, 0.1) is 6.92 Å². The first kappa shape index (κ1) is 14.9. The van der Waals surface area contributed by atoms with Gasteiger partial charge >= 0.3 is 5.69 Å². The quantitative estimate of drug-likeness (QED) is 0.829. The van der Waals surface area contributed by atoms with Gasteiger partial charge in [0.15, 0.2) is 5.16 Å². The number of thioether (sulfide) groups is 1. The summed E-state index contributed by atoms with van der Waals surface area (Å²) in [6.07, 6.45) is 0. The van der Waals surface area contributed by atoms with Gasteiger partial charge in [-0.1, -0.05) is 41.6 Å². The third-order valence-corrected chi connectivity index (χ3v) is 4.31. The number of aromatic nitrogens is 3. The first-order chi connectivity index (χ1) is 9.52. The van der Waals surface area contributed by atoms with E-state index in [0.717, 1.165) is 5.56 Å². The van der Waals surface area contributed by atoms with Crippen LogP contribution in [0.4, 0.5) is 0 Å². The molecule has 5 nitrogen and oxygen atoms in total. The van der Waals surface area contributed by atoms with E-state index in [1.165, 1.54) is 17.3 Å². The normalized spacial score (nSPS) is 12.8. The minimum Gasteiger partial charge on any atom is -0.329 e. The molecule has 1 aromatic heterocycles. The van der Waals surface area contributed by atoms with E-state index in [1.807, 2.05) is 19.9 Å². The second kappa shape index (κ2) is 6.28. The van der Waals surface area contributed by atoms with Gasteiger partial charge in [0.25, 0.3) is 0 Å². The molecule has 1 atom stereocenters. The second-order valence-electron chi connectivity index (χ2n) is 5.03. The third-order valence-electron chi connectivity index (χ3n) is 3.06. The predicted molar refractivity (Wildman–Crippen MR) is 82.1 cm³/mol. The fraction of sp³-hybridized carbons (Fsp3) is 0.429. The van der Waals surface area contributed by atoms with Crippen molar-refractivity contribution in [1.29, 1.82) is 0 Å². The highest BCUT2D eigenvalue weighted by molar-refractivity contribution is 7.99. The zero-order valence-corrected chi connectivity index (χ0v) is 12.8. The zero-order chi connectivity index (χ0) is 14.7. The Bertz CT molecular complexity index is 632. The number of nitrogens with one attached hydrogen (secondary N) is 1. The van der Waals surface area contributed by atoms with Crippen LogP contribution in [0.15, 0.2) is 34.2 Å². The SMILES string of the molecule is Cc1cccc(C(CN)Sc2n[nH]c(=O)n2C(C)C)c1. The van der Waals surface area contributed by atoms with E-state index in [9.17, 15) is 4.79 Å². The Morgan fingerprint density at radius 3 is 2.80 bits per heavy atom. The highest BCUT2D eigenvalue weighted by Crippen LogP contribution is 2.33. The van der Waals surface area contributed by atoms with Crippen LogP contribution in [0.1, 0.15) is 36.3 Å². The molecule has 0 bridgehead atoms. The number of aryl methyl sites for hydroxylation is 1. The van der Waals surface area contributed by atoms with Crippen LogP contribution < -0.4 is 11.4 Å². The molecule has 0 saturated heterocycles. The van der Waals surface area contributed by atoms with Gasteiger partial charge in [-0.2, -0.15) is 0 Å². The number of aromatic amines is 1. The van der Waals surface area contributed by atoms with Crippen molar-refractivity contribution in [3.05, 3.63) is 45.9 Å². The molecule has 1 unspecified atom stereocenters. The summed E-state index contributed by atoms with van der Waals surface area (Å²) < 4.78 is 1.66. The molecule has 0 fully saturated rings. The molecule has 3 N–H and O–H groups in total. The first-order valence-electron chi connectivity index (χ1n) is 6.63. The van der Waals surface area contributed by atoms with E-state index < -0.39 is 0 Å². The van der Waals surface area contributed by atoms with E-state index >= 15 is 0 Å². The molecule has 0 aliphatic rings. The Balaban J connectivity index is 2.29. The van der Waals surface area contributed by atoms with Crippen molar-refractivity contribution < 1.29 is 0 Å². The summed E-state index contributed by atoms with van der Waals surface area (Å²) >= 11 is 1.52. The number of nitrogens with zero attached hydrogens (tertiary/aromatic N) is 2. The van der Waals surface area contributed by atoms with Crippen LogP contribution in [0.2, 0.25) is 0 Å². The van der Waals surface area contributed by atoms with E-state index in [4.69, 9.17) is 5.73 Å². The zero-order valence-electron chi connectivity index (χ0n) is 12.0. The van der Waals surface area contributed by atoms with Crippen molar-refractivity contribution in [1.82, 2.24) is 14.8 Å². The Hall–Kier alpha value is -1.53. The average Bonchev–Trinajstić information content (AvgIpc) is 2.77. The Kier molecular flexibility index (Phi) is 4.67. The molecule has 0 saturated carbocycles. The van der Waals surface area contributed by atoms with E-state index in [2.05, 4.69) is 35.3 Å². The largest absolute Gasteiger partial charge is 0.344 e. The van der Waals surface area contributed by atoms with Crippen LogP contribution in [-0.2, 0) is 0 Å². The summed E-state index contributed by atoms with van der Waals surface area (Å²) in [6, 6.07) is 8.32. The van der Waals surface area contributed by atoms with Crippen LogP contribution in [0.3, 0.4) is 0 Å². The van der Waals surface area contributed by atoms with E-state index in [0.29, 0.717) is 11.7 Å². The molecule has 20 heavy (non-hydrogen) atoms. The number of rotatable bonds is 5. The topological polar surface area (TPSA) is 76.7 Å². The van der Waals surface area contributed by atoms with Gasteiger partial charge < -0.3 is 5.73 Å². The standard InChI is InChI=1S/C14H20N4OS/c1-9(2)18-13(19)16-17-14(18)20-12(8-15)11-6-4-5-10(3)7-11/h4-7,9,12H,8,15H2,1-3H3,(H,16,19). The van der Waals surface area contributed by atoms with Crippen molar-refractivity contribution in [2.75, 3.05) is 6.54 Å². The lowest BCUT2D eigenvalue weighted by Gasteiger charge is -2.16.